The van der Waals surface area contributed by atoms with E-state index in [4.69, 9.17) is 14.6 Å². The fourth-order valence-electron chi connectivity index (χ4n) is 2.72. The Hall–Kier alpha value is -1.50. The SMILES string of the molecule is CC(C)(C)OC(=O)NC1CC(OC2CCN(C(=O)O)CC2)C1. The van der Waals surface area contributed by atoms with Gasteiger partial charge in [-0.05, 0) is 46.5 Å². The molecule has 2 aliphatic rings. The number of alkyl carbamates (subject to hydrolysis) is 1. The molecule has 0 aromatic carbocycles. The molecule has 7 heteroatoms. The standard InChI is InChI=1S/C15H26N2O5/c1-15(2,3)22-13(18)16-10-8-12(9-10)21-11-4-6-17(7-5-11)14(19)20/h10-12H,4-9H2,1-3H3,(H,16,18)(H,19,20). The summed E-state index contributed by atoms with van der Waals surface area (Å²) in [4.78, 5) is 23.9. The van der Waals surface area contributed by atoms with Crippen molar-refractivity contribution in [3.8, 4) is 0 Å². The van der Waals surface area contributed by atoms with E-state index in [2.05, 4.69) is 5.32 Å². The predicted molar refractivity (Wildman–Crippen MR) is 79.9 cm³/mol. The second-order valence-corrected chi connectivity index (χ2v) is 7.04. The highest BCUT2D eigenvalue weighted by Gasteiger charge is 2.35. The van der Waals surface area contributed by atoms with E-state index in [0.717, 1.165) is 25.7 Å². The van der Waals surface area contributed by atoms with Gasteiger partial charge in [-0.25, -0.2) is 9.59 Å². The average molecular weight is 314 g/mol. The van der Waals surface area contributed by atoms with Crippen LogP contribution in [0.15, 0.2) is 0 Å². The molecule has 0 spiro atoms. The van der Waals surface area contributed by atoms with Crippen LogP contribution in [0.25, 0.3) is 0 Å². The number of hydrogen-bond donors (Lipinski definition) is 2. The first-order chi connectivity index (χ1) is 10.2. The number of amides is 2. The van der Waals surface area contributed by atoms with Crippen molar-refractivity contribution < 1.29 is 24.2 Å². The lowest BCUT2D eigenvalue weighted by Crippen LogP contribution is -2.51. The van der Waals surface area contributed by atoms with E-state index in [1.54, 1.807) is 0 Å². The molecule has 2 fully saturated rings. The highest BCUT2D eigenvalue weighted by atomic mass is 16.6. The Morgan fingerprint density at radius 1 is 1.14 bits per heavy atom. The van der Waals surface area contributed by atoms with Gasteiger partial charge < -0.3 is 24.8 Å². The smallest absolute Gasteiger partial charge is 0.407 e. The largest absolute Gasteiger partial charge is 0.465 e. The molecule has 2 rings (SSSR count). The van der Waals surface area contributed by atoms with Gasteiger partial charge in [0.15, 0.2) is 0 Å². The number of hydrogen-bond acceptors (Lipinski definition) is 4. The summed E-state index contributed by atoms with van der Waals surface area (Å²) in [7, 11) is 0. The van der Waals surface area contributed by atoms with Gasteiger partial charge in [-0.1, -0.05) is 0 Å². The predicted octanol–water partition coefficient (Wildman–Crippen LogP) is 2.20. The Bertz CT molecular complexity index is 407. The minimum Gasteiger partial charge on any atom is -0.465 e. The second kappa shape index (κ2) is 6.73. The topological polar surface area (TPSA) is 88.1 Å². The van der Waals surface area contributed by atoms with Crippen molar-refractivity contribution in [3.63, 3.8) is 0 Å². The van der Waals surface area contributed by atoms with E-state index < -0.39 is 11.7 Å². The highest BCUT2D eigenvalue weighted by molar-refractivity contribution is 5.68. The lowest BCUT2D eigenvalue weighted by molar-refractivity contribution is -0.0820. The van der Waals surface area contributed by atoms with Crippen molar-refractivity contribution >= 4 is 12.2 Å². The first-order valence-corrected chi connectivity index (χ1v) is 7.86. The Labute approximate surface area is 130 Å². The monoisotopic (exact) mass is 314 g/mol. The van der Waals surface area contributed by atoms with Gasteiger partial charge in [0.25, 0.3) is 0 Å². The average Bonchev–Trinajstić information content (AvgIpc) is 2.34. The molecule has 1 saturated carbocycles. The van der Waals surface area contributed by atoms with E-state index in [1.807, 2.05) is 20.8 Å². The number of carboxylic acid groups (broad SMARTS) is 1. The number of likely N-dealkylation sites (tertiary alicyclic amines) is 1. The fraction of sp³-hybridized carbons (Fsp3) is 0.867. The van der Waals surface area contributed by atoms with Crippen LogP contribution in [-0.4, -0.2) is 59.1 Å². The van der Waals surface area contributed by atoms with Gasteiger partial charge >= 0.3 is 12.2 Å². The molecule has 2 N–H and O–H groups in total. The molecule has 1 aliphatic carbocycles. The molecule has 0 aromatic heterocycles. The van der Waals surface area contributed by atoms with Crippen molar-refractivity contribution in [2.75, 3.05) is 13.1 Å². The molecule has 126 valence electrons. The van der Waals surface area contributed by atoms with Crippen LogP contribution in [0, 0.1) is 0 Å². The van der Waals surface area contributed by atoms with Crippen LogP contribution in [0.4, 0.5) is 9.59 Å². The van der Waals surface area contributed by atoms with Gasteiger partial charge in [0.2, 0.25) is 0 Å². The zero-order valence-electron chi connectivity index (χ0n) is 13.5. The summed E-state index contributed by atoms with van der Waals surface area (Å²) in [6.45, 7) is 6.58. The van der Waals surface area contributed by atoms with Crippen molar-refractivity contribution in [3.05, 3.63) is 0 Å². The number of rotatable bonds is 3. The Balaban J connectivity index is 1.60. The fourth-order valence-corrected chi connectivity index (χ4v) is 2.72. The molecule has 2 amide bonds. The maximum absolute atomic E-state index is 11.6. The first-order valence-electron chi connectivity index (χ1n) is 7.86. The van der Waals surface area contributed by atoms with Gasteiger partial charge in [-0.15, -0.1) is 0 Å². The van der Waals surface area contributed by atoms with E-state index in [1.165, 1.54) is 4.90 Å². The van der Waals surface area contributed by atoms with Crippen LogP contribution in [0.2, 0.25) is 0 Å². The summed E-state index contributed by atoms with van der Waals surface area (Å²) in [6, 6.07) is 0.110. The normalized spacial score (nSPS) is 26.2. The molecular weight excluding hydrogens is 288 g/mol. The Morgan fingerprint density at radius 3 is 2.23 bits per heavy atom. The summed E-state index contributed by atoms with van der Waals surface area (Å²) in [5.74, 6) is 0. The summed E-state index contributed by atoms with van der Waals surface area (Å²) in [5, 5.41) is 11.7. The number of nitrogens with one attached hydrogen (secondary N) is 1. The summed E-state index contributed by atoms with van der Waals surface area (Å²) in [5.41, 5.74) is -0.484. The van der Waals surface area contributed by atoms with Gasteiger partial charge in [0.1, 0.15) is 5.60 Å². The maximum Gasteiger partial charge on any atom is 0.407 e. The molecular formula is C15H26N2O5. The molecule has 0 atom stereocenters. The second-order valence-electron chi connectivity index (χ2n) is 7.04. The first kappa shape index (κ1) is 16.9. The van der Waals surface area contributed by atoms with Crippen LogP contribution < -0.4 is 5.32 Å². The Kier molecular flexibility index (Phi) is 5.16. The third-order valence-electron chi connectivity index (χ3n) is 3.91. The van der Waals surface area contributed by atoms with Crippen molar-refractivity contribution in [2.45, 2.75) is 70.3 Å². The minimum absolute atomic E-state index is 0.110. The zero-order chi connectivity index (χ0) is 16.3. The van der Waals surface area contributed by atoms with Gasteiger partial charge in [-0.2, -0.15) is 0 Å². The van der Waals surface area contributed by atoms with E-state index >= 15 is 0 Å². The van der Waals surface area contributed by atoms with Gasteiger partial charge in [0, 0.05) is 19.1 Å². The van der Waals surface area contributed by atoms with Crippen molar-refractivity contribution in [1.29, 1.82) is 0 Å². The highest BCUT2D eigenvalue weighted by Crippen LogP contribution is 2.27. The Morgan fingerprint density at radius 2 is 1.73 bits per heavy atom. The number of piperidine rings is 1. The lowest BCUT2D eigenvalue weighted by atomic mass is 9.89. The van der Waals surface area contributed by atoms with Crippen LogP contribution in [0.5, 0.6) is 0 Å². The van der Waals surface area contributed by atoms with Crippen molar-refractivity contribution in [1.82, 2.24) is 10.2 Å². The maximum atomic E-state index is 11.6. The van der Waals surface area contributed by atoms with Crippen molar-refractivity contribution in [2.24, 2.45) is 0 Å². The van der Waals surface area contributed by atoms with Gasteiger partial charge in [0.05, 0.1) is 12.2 Å². The molecule has 0 unspecified atom stereocenters. The van der Waals surface area contributed by atoms with Gasteiger partial charge in [-0.3, -0.25) is 0 Å². The van der Waals surface area contributed by atoms with Crippen LogP contribution >= 0.6 is 0 Å². The molecule has 1 saturated heterocycles. The number of ether oxygens (including phenoxy) is 2. The van der Waals surface area contributed by atoms with Crippen LogP contribution in [0.1, 0.15) is 46.5 Å². The molecule has 1 heterocycles. The third kappa shape index (κ3) is 5.05. The summed E-state index contributed by atoms with van der Waals surface area (Å²) < 4.78 is 11.2. The molecule has 0 radical (unpaired) electrons. The van der Waals surface area contributed by atoms with E-state index in [9.17, 15) is 9.59 Å². The van der Waals surface area contributed by atoms with E-state index in [-0.39, 0.29) is 24.3 Å². The minimum atomic E-state index is -0.858. The van der Waals surface area contributed by atoms with Crippen LogP contribution in [0.3, 0.4) is 0 Å². The molecule has 22 heavy (non-hydrogen) atoms. The van der Waals surface area contributed by atoms with Crippen LogP contribution in [-0.2, 0) is 9.47 Å². The number of carbonyl (C=O) groups is 2. The lowest BCUT2D eigenvalue weighted by Gasteiger charge is -2.39. The zero-order valence-corrected chi connectivity index (χ0v) is 13.5. The molecule has 0 bridgehead atoms. The third-order valence-corrected chi connectivity index (χ3v) is 3.91. The quantitative estimate of drug-likeness (QED) is 0.834. The molecule has 7 nitrogen and oxygen atoms in total. The summed E-state index contributed by atoms with van der Waals surface area (Å²) in [6.07, 6.45) is 2.11. The summed E-state index contributed by atoms with van der Waals surface area (Å²) >= 11 is 0. The number of nitrogens with zero attached hydrogens (tertiary/aromatic N) is 1. The number of carbonyl (C=O) groups excluding carboxylic acids is 1. The van der Waals surface area contributed by atoms with E-state index in [0.29, 0.717) is 13.1 Å². The molecule has 0 aromatic rings. The molecule has 1 aliphatic heterocycles.